The van der Waals surface area contributed by atoms with Gasteiger partial charge in [-0.2, -0.15) is 0 Å². The maximum absolute atomic E-state index is 5.34. The van der Waals surface area contributed by atoms with Crippen LogP contribution in [0.2, 0.25) is 0 Å². The zero-order valence-electron chi connectivity index (χ0n) is 26.8. The van der Waals surface area contributed by atoms with Crippen LogP contribution in [0.15, 0.2) is 152 Å². The minimum Gasteiger partial charge on any atom is -0.278 e. The van der Waals surface area contributed by atoms with Crippen LogP contribution in [0.1, 0.15) is 25.0 Å². The molecule has 226 valence electrons. The van der Waals surface area contributed by atoms with E-state index in [1.807, 2.05) is 6.07 Å². The summed E-state index contributed by atoms with van der Waals surface area (Å²) in [5.74, 6) is 0.672. The molecule has 0 saturated carbocycles. The van der Waals surface area contributed by atoms with E-state index < -0.39 is 0 Å². The fourth-order valence-electron chi connectivity index (χ4n) is 8.05. The first-order valence-corrected chi connectivity index (χ1v) is 16.6. The molecule has 0 aliphatic heterocycles. The van der Waals surface area contributed by atoms with Gasteiger partial charge in [0.2, 0.25) is 5.95 Å². The molecule has 1 aliphatic rings. The van der Waals surface area contributed by atoms with E-state index in [-0.39, 0.29) is 5.41 Å². The normalized spacial score (nSPS) is 13.4. The van der Waals surface area contributed by atoms with E-state index in [0.717, 1.165) is 33.2 Å². The fourth-order valence-corrected chi connectivity index (χ4v) is 8.05. The molecule has 0 unspecified atom stereocenters. The van der Waals surface area contributed by atoms with Crippen molar-refractivity contribution in [3.63, 3.8) is 0 Å². The van der Waals surface area contributed by atoms with Gasteiger partial charge in [-0.15, -0.1) is 0 Å². The molecule has 1 aliphatic carbocycles. The molecule has 0 bridgehead atoms. The Balaban J connectivity index is 1.26. The molecule has 3 nitrogen and oxygen atoms in total. The van der Waals surface area contributed by atoms with Crippen molar-refractivity contribution in [3.8, 4) is 39.5 Å². The van der Waals surface area contributed by atoms with E-state index in [2.05, 4.69) is 164 Å². The summed E-state index contributed by atoms with van der Waals surface area (Å²) in [6.45, 7) is 4.68. The average Bonchev–Trinajstić information content (AvgIpc) is 3.60. The molecule has 0 N–H and O–H groups in total. The first-order valence-electron chi connectivity index (χ1n) is 16.6. The maximum Gasteiger partial charge on any atom is 0.235 e. The minimum absolute atomic E-state index is 0.0629. The van der Waals surface area contributed by atoms with Gasteiger partial charge in [0.25, 0.3) is 0 Å². The number of hydrogen-bond donors (Lipinski definition) is 0. The van der Waals surface area contributed by atoms with Crippen molar-refractivity contribution in [2.24, 2.45) is 0 Å². The van der Waals surface area contributed by atoms with Crippen LogP contribution in [0.3, 0.4) is 0 Å². The lowest BCUT2D eigenvalue weighted by Gasteiger charge is -2.22. The van der Waals surface area contributed by atoms with Crippen molar-refractivity contribution in [1.29, 1.82) is 0 Å². The molecule has 0 spiro atoms. The second-order valence-corrected chi connectivity index (χ2v) is 13.4. The van der Waals surface area contributed by atoms with E-state index in [4.69, 9.17) is 9.97 Å². The Hall–Kier alpha value is -6.06. The minimum atomic E-state index is -0.0629. The summed E-state index contributed by atoms with van der Waals surface area (Å²) in [6.07, 6.45) is 0. The van der Waals surface area contributed by atoms with Crippen molar-refractivity contribution in [2.75, 3.05) is 0 Å². The monoisotopic (exact) mass is 613 g/mol. The standard InChI is InChI=1S/C45H31N3/c1-45(2)37-18-10-8-16-33(37)34-23-20-30(26-38(34)45)31-21-24-36-41(27-31)48(40-25-22-28-12-6-7-15-32(28)42(36)40)44-46-39-19-11-9-17-35(39)43(47-44)29-13-4-3-5-14-29/h3-27H,1-2H3. The molecule has 0 saturated heterocycles. The van der Waals surface area contributed by atoms with Gasteiger partial charge in [0, 0.05) is 27.1 Å². The van der Waals surface area contributed by atoms with E-state index in [0.29, 0.717) is 5.95 Å². The smallest absolute Gasteiger partial charge is 0.235 e. The number of rotatable bonds is 3. The van der Waals surface area contributed by atoms with Crippen molar-refractivity contribution in [3.05, 3.63) is 163 Å². The number of fused-ring (bicyclic) bond motifs is 9. The zero-order chi connectivity index (χ0) is 32.0. The Labute approximate surface area is 278 Å². The van der Waals surface area contributed by atoms with Gasteiger partial charge < -0.3 is 0 Å². The molecule has 7 aromatic carbocycles. The third kappa shape index (κ3) is 3.82. The van der Waals surface area contributed by atoms with Gasteiger partial charge in [0.15, 0.2) is 0 Å². The Morgan fingerprint density at radius 3 is 2.08 bits per heavy atom. The summed E-state index contributed by atoms with van der Waals surface area (Å²) in [7, 11) is 0. The molecular formula is C45H31N3. The summed E-state index contributed by atoms with van der Waals surface area (Å²) in [5.41, 5.74) is 12.9. The number of hydrogen-bond acceptors (Lipinski definition) is 2. The second-order valence-electron chi connectivity index (χ2n) is 13.4. The molecule has 48 heavy (non-hydrogen) atoms. The summed E-state index contributed by atoms with van der Waals surface area (Å²) < 4.78 is 2.27. The van der Waals surface area contributed by atoms with Crippen LogP contribution in [0.25, 0.3) is 82.9 Å². The third-order valence-electron chi connectivity index (χ3n) is 10.4. The first kappa shape index (κ1) is 27.1. The molecule has 0 radical (unpaired) electrons. The highest BCUT2D eigenvalue weighted by atomic mass is 15.2. The molecule has 3 heteroatoms. The van der Waals surface area contributed by atoms with Gasteiger partial charge >= 0.3 is 0 Å². The quantitative estimate of drug-likeness (QED) is 0.198. The lowest BCUT2D eigenvalue weighted by atomic mass is 9.81. The Morgan fingerprint density at radius 2 is 1.19 bits per heavy atom. The molecule has 2 heterocycles. The van der Waals surface area contributed by atoms with Crippen LogP contribution in [0.5, 0.6) is 0 Å². The highest BCUT2D eigenvalue weighted by molar-refractivity contribution is 6.21. The number of aromatic nitrogens is 3. The largest absolute Gasteiger partial charge is 0.278 e. The number of benzene rings is 7. The highest BCUT2D eigenvalue weighted by Gasteiger charge is 2.35. The summed E-state index contributed by atoms with van der Waals surface area (Å²) in [5, 5.41) is 5.90. The van der Waals surface area contributed by atoms with Crippen molar-refractivity contribution < 1.29 is 0 Å². The van der Waals surface area contributed by atoms with Crippen LogP contribution in [0.4, 0.5) is 0 Å². The summed E-state index contributed by atoms with van der Waals surface area (Å²) >= 11 is 0. The van der Waals surface area contributed by atoms with Gasteiger partial charge in [-0.05, 0) is 68.4 Å². The lowest BCUT2D eigenvalue weighted by molar-refractivity contribution is 0.660. The van der Waals surface area contributed by atoms with Crippen LogP contribution >= 0.6 is 0 Å². The van der Waals surface area contributed by atoms with E-state index in [9.17, 15) is 0 Å². The van der Waals surface area contributed by atoms with Gasteiger partial charge in [-0.3, -0.25) is 4.57 Å². The molecule has 2 aromatic heterocycles. The van der Waals surface area contributed by atoms with E-state index in [1.54, 1.807) is 0 Å². The van der Waals surface area contributed by atoms with Crippen LogP contribution in [-0.2, 0) is 5.41 Å². The summed E-state index contributed by atoms with van der Waals surface area (Å²) in [6, 6.07) is 54.6. The average molecular weight is 614 g/mol. The maximum atomic E-state index is 5.34. The van der Waals surface area contributed by atoms with Crippen molar-refractivity contribution in [2.45, 2.75) is 19.3 Å². The van der Waals surface area contributed by atoms with E-state index in [1.165, 1.54) is 54.9 Å². The fraction of sp³-hybridized carbons (Fsp3) is 0.0667. The number of para-hydroxylation sites is 1. The summed E-state index contributed by atoms with van der Waals surface area (Å²) in [4.78, 5) is 10.6. The highest BCUT2D eigenvalue weighted by Crippen LogP contribution is 2.49. The van der Waals surface area contributed by atoms with Crippen LogP contribution in [0, 0.1) is 0 Å². The van der Waals surface area contributed by atoms with Crippen LogP contribution in [-0.4, -0.2) is 14.5 Å². The predicted molar refractivity (Wildman–Crippen MR) is 200 cm³/mol. The number of nitrogens with zero attached hydrogens (tertiary/aromatic N) is 3. The Kier molecular flexibility index (Phi) is 5.63. The zero-order valence-corrected chi connectivity index (χ0v) is 26.8. The topological polar surface area (TPSA) is 30.7 Å². The molecule has 0 amide bonds. The molecule has 0 atom stereocenters. The third-order valence-corrected chi connectivity index (χ3v) is 10.4. The predicted octanol–water partition coefficient (Wildman–Crippen LogP) is 11.5. The van der Waals surface area contributed by atoms with Gasteiger partial charge in [0.05, 0.1) is 22.2 Å². The van der Waals surface area contributed by atoms with Crippen LogP contribution < -0.4 is 0 Å². The Bertz CT molecular complexity index is 2750. The lowest BCUT2D eigenvalue weighted by Crippen LogP contribution is -2.14. The molecule has 0 fully saturated rings. The second kappa shape index (κ2) is 9.97. The van der Waals surface area contributed by atoms with Gasteiger partial charge in [0.1, 0.15) is 0 Å². The van der Waals surface area contributed by atoms with Gasteiger partial charge in [-0.1, -0.05) is 141 Å². The Morgan fingerprint density at radius 1 is 0.479 bits per heavy atom. The molecular weight excluding hydrogens is 583 g/mol. The van der Waals surface area contributed by atoms with E-state index >= 15 is 0 Å². The van der Waals surface area contributed by atoms with Crippen molar-refractivity contribution in [1.82, 2.24) is 14.5 Å². The van der Waals surface area contributed by atoms with Gasteiger partial charge in [-0.25, -0.2) is 9.97 Å². The first-order chi connectivity index (χ1) is 23.6. The molecule has 9 aromatic rings. The molecule has 10 rings (SSSR count). The van der Waals surface area contributed by atoms with Crippen molar-refractivity contribution >= 4 is 43.5 Å². The SMILES string of the molecule is CC1(C)c2ccccc2-c2ccc(-c3ccc4c5c6ccccc6ccc5n(-c5nc(-c6ccccc6)c6ccccc6n5)c4c3)cc21.